The predicted molar refractivity (Wildman–Crippen MR) is 140 cm³/mol. The van der Waals surface area contributed by atoms with Crippen molar-refractivity contribution in [3.05, 3.63) is 93.8 Å². The molecule has 0 N–H and O–H groups in total. The van der Waals surface area contributed by atoms with Crippen LogP contribution in [0.5, 0.6) is 5.75 Å². The summed E-state index contributed by atoms with van der Waals surface area (Å²) < 4.78 is 32.6. The van der Waals surface area contributed by atoms with Crippen molar-refractivity contribution in [2.75, 3.05) is 11.4 Å². The molecule has 0 aliphatic heterocycles. The first-order chi connectivity index (χ1) is 16.6. The van der Waals surface area contributed by atoms with Crippen LogP contribution in [-0.2, 0) is 21.2 Å². The fourth-order valence-corrected chi connectivity index (χ4v) is 5.70. The van der Waals surface area contributed by atoms with E-state index in [1.807, 2.05) is 45.0 Å². The van der Waals surface area contributed by atoms with E-state index in [1.165, 1.54) is 22.7 Å². The van der Waals surface area contributed by atoms with E-state index in [9.17, 15) is 13.2 Å². The smallest absolute Gasteiger partial charge is 0.316 e. The van der Waals surface area contributed by atoms with E-state index in [0.29, 0.717) is 11.4 Å². The molecule has 0 bridgehead atoms. The van der Waals surface area contributed by atoms with Crippen LogP contribution < -0.4 is 9.04 Å². The maximum Gasteiger partial charge on any atom is 0.316 e. The summed E-state index contributed by atoms with van der Waals surface area (Å²) in [6, 6.07) is 21.1. The zero-order valence-electron chi connectivity index (χ0n) is 20.0. The molecular formula is C27H26N2O4S2. The van der Waals surface area contributed by atoms with E-state index >= 15 is 0 Å². The van der Waals surface area contributed by atoms with Crippen molar-refractivity contribution in [3.8, 4) is 17.0 Å². The first-order valence-corrected chi connectivity index (χ1v) is 13.3. The summed E-state index contributed by atoms with van der Waals surface area (Å²) in [4.78, 5) is 18.3. The third-order valence-corrected chi connectivity index (χ3v) is 8.32. The van der Waals surface area contributed by atoms with Gasteiger partial charge in [-0.05, 0) is 57.2 Å². The molecule has 8 heteroatoms. The van der Waals surface area contributed by atoms with Gasteiger partial charge in [0.1, 0.15) is 5.75 Å². The van der Waals surface area contributed by atoms with Crippen LogP contribution in [0.25, 0.3) is 11.3 Å². The number of hydrogen-bond acceptors (Lipinski definition) is 6. The number of aryl methyl sites for hydroxylation is 3. The van der Waals surface area contributed by atoms with Crippen LogP contribution in [0.4, 0.5) is 5.69 Å². The Balaban J connectivity index is 1.45. The Bertz CT molecular complexity index is 1440. The molecule has 0 amide bonds. The van der Waals surface area contributed by atoms with Gasteiger partial charge in [-0.3, -0.25) is 9.10 Å². The van der Waals surface area contributed by atoms with Gasteiger partial charge in [-0.2, -0.15) is 0 Å². The van der Waals surface area contributed by atoms with Gasteiger partial charge < -0.3 is 4.74 Å². The van der Waals surface area contributed by atoms with E-state index in [-0.39, 0.29) is 11.3 Å². The topological polar surface area (TPSA) is 76.6 Å². The standard InChI is InChI=1S/C27H26N2O4S2/c1-18-5-9-21(10-6-18)27-25(34-20(3)28-27)17-26(30)33-23-13-11-22(12-14-23)29(4)35(31,32)24-15-7-19(2)8-16-24/h5-16H,17H2,1-4H3. The molecule has 180 valence electrons. The molecule has 0 atom stereocenters. The Morgan fingerprint density at radius 2 is 1.46 bits per heavy atom. The Kier molecular flexibility index (Phi) is 7.05. The van der Waals surface area contributed by atoms with Crippen molar-refractivity contribution in [3.63, 3.8) is 0 Å². The molecule has 3 aromatic carbocycles. The highest BCUT2D eigenvalue weighted by molar-refractivity contribution is 7.92. The zero-order valence-corrected chi connectivity index (χ0v) is 21.6. The number of anilines is 1. The quantitative estimate of drug-likeness (QED) is 0.237. The number of rotatable bonds is 7. The van der Waals surface area contributed by atoms with Crippen LogP contribution in [0, 0.1) is 20.8 Å². The lowest BCUT2D eigenvalue weighted by Gasteiger charge is -2.20. The van der Waals surface area contributed by atoms with Crippen molar-refractivity contribution in [2.24, 2.45) is 0 Å². The molecule has 0 aliphatic carbocycles. The molecule has 1 heterocycles. The highest BCUT2D eigenvalue weighted by Gasteiger charge is 2.21. The minimum absolute atomic E-state index is 0.0954. The average molecular weight is 507 g/mol. The number of aromatic nitrogens is 1. The average Bonchev–Trinajstić information content (AvgIpc) is 3.19. The van der Waals surface area contributed by atoms with E-state index < -0.39 is 16.0 Å². The van der Waals surface area contributed by atoms with Gasteiger partial charge in [-0.15, -0.1) is 11.3 Å². The number of ether oxygens (including phenoxy) is 1. The second-order valence-electron chi connectivity index (χ2n) is 8.30. The minimum Gasteiger partial charge on any atom is -0.426 e. The molecule has 6 nitrogen and oxygen atoms in total. The number of thiazole rings is 1. The van der Waals surface area contributed by atoms with Gasteiger partial charge in [-0.1, -0.05) is 47.5 Å². The first-order valence-electron chi connectivity index (χ1n) is 11.0. The predicted octanol–water partition coefficient (Wildman–Crippen LogP) is 5.71. The van der Waals surface area contributed by atoms with Gasteiger partial charge in [0.25, 0.3) is 10.0 Å². The SMILES string of the molecule is Cc1ccc(-c2nc(C)sc2CC(=O)Oc2ccc(N(C)S(=O)(=O)c3ccc(C)cc3)cc2)cc1. The molecule has 0 aliphatic rings. The number of hydrogen-bond donors (Lipinski definition) is 0. The molecule has 0 spiro atoms. The summed E-state index contributed by atoms with van der Waals surface area (Å²) in [6.45, 7) is 5.84. The van der Waals surface area contributed by atoms with E-state index in [2.05, 4.69) is 4.98 Å². The largest absolute Gasteiger partial charge is 0.426 e. The van der Waals surface area contributed by atoms with Crippen LogP contribution in [0.15, 0.2) is 77.7 Å². The van der Waals surface area contributed by atoms with Crippen molar-refractivity contribution in [1.29, 1.82) is 0 Å². The molecule has 1 aromatic heterocycles. The van der Waals surface area contributed by atoms with Crippen LogP contribution in [-0.4, -0.2) is 26.4 Å². The molecule has 0 saturated carbocycles. The van der Waals surface area contributed by atoms with E-state index in [0.717, 1.165) is 32.3 Å². The van der Waals surface area contributed by atoms with Crippen LogP contribution in [0.2, 0.25) is 0 Å². The molecular weight excluding hydrogens is 480 g/mol. The lowest BCUT2D eigenvalue weighted by atomic mass is 10.1. The summed E-state index contributed by atoms with van der Waals surface area (Å²) in [7, 11) is -2.20. The Morgan fingerprint density at radius 3 is 2.06 bits per heavy atom. The minimum atomic E-state index is -3.70. The fraction of sp³-hybridized carbons (Fsp3) is 0.185. The van der Waals surface area contributed by atoms with Gasteiger partial charge in [-0.25, -0.2) is 13.4 Å². The van der Waals surface area contributed by atoms with Crippen molar-refractivity contribution in [2.45, 2.75) is 32.1 Å². The number of sulfonamides is 1. The van der Waals surface area contributed by atoms with Gasteiger partial charge in [0.15, 0.2) is 0 Å². The highest BCUT2D eigenvalue weighted by atomic mass is 32.2. The Morgan fingerprint density at radius 1 is 0.886 bits per heavy atom. The van der Waals surface area contributed by atoms with Crippen molar-refractivity contribution >= 4 is 33.0 Å². The van der Waals surface area contributed by atoms with Crippen LogP contribution >= 0.6 is 11.3 Å². The Hall–Kier alpha value is -3.49. The number of nitrogens with zero attached hydrogens (tertiary/aromatic N) is 2. The fourth-order valence-electron chi connectivity index (χ4n) is 3.56. The van der Waals surface area contributed by atoms with Gasteiger partial charge >= 0.3 is 5.97 Å². The molecule has 35 heavy (non-hydrogen) atoms. The number of carbonyl (C=O) groups is 1. The highest BCUT2D eigenvalue weighted by Crippen LogP contribution is 2.30. The monoisotopic (exact) mass is 506 g/mol. The molecule has 0 unspecified atom stereocenters. The number of benzene rings is 3. The molecule has 4 rings (SSSR count). The van der Waals surface area contributed by atoms with Crippen molar-refractivity contribution < 1.29 is 17.9 Å². The summed E-state index contributed by atoms with van der Waals surface area (Å²) in [6.07, 6.45) is 0.0954. The van der Waals surface area contributed by atoms with Gasteiger partial charge in [0.2, 0.25) is 0 Å². The lowest BCUT2D eigenvalue weighted by Crippen LogP contribution is -2.26. The van der Waals surface area contributed by atoms with Crippen molar-refractivity contribution in [1.82, 2.24) is 4.98 Å². The molecule has 0 fully saturated rings. The summed E-state index contributed by atoms with van der Waals surface area (Å²) in [5.41, 5.74) is 4.36. The Labute approximate surface area is 209 Å². The van der Waals surface area contributed by atoms with E-state index in [4.69, 9.17) is 4.74 Å². The second kappa shape index (κ2) is 10.0. The summed E-state index contributed by atoms with van der Waals surface area (Å²) >= 11 is 1.47. The van der Waals surface area contributed by atoms with Crippen LogP contribution in [0.1, 0.15) is 21.0 Å². The molecule has 0 saturated heterocycles. The summed E-state index contributed by atoms with van der Waals surface area (Å²) in [5, 5.41) is 0.880. The lowest BCUT2D eigenvalue weighted by molar-refractivity contribution is -0.133. The second-order valence-corrected chi connectivity index (χ2v) is 11.6. The normalized spacial score (nSPS) is 11.3. The molecule has 0 radical (unpaired) electrons. The first kappa shape index (κ1) is 24.6. The van der Waals surface area contributed by atoms with Gasteiger partial charge in [0, 0.05) is 17.5 Å². The maximum atomic E-state index is 12.9. The third kappa shape index (κ3) is 5.61. The molecule has 4 aromatic rings. The zero-order chi connectivity index (χ0) is 25.2. The van der Waals surface area contributed by atoms with Gasteiger partial charge in [0.05, 0.1) is 27.7 Å². The van der Waals surface area contributed by atoms with Crippen LogP contribution in [0.3, 0.4) is 0 Å². The third-order valence-electron chi connectivity index (χ3n) is 5.55. The van der Waals surface area contributed by atoms with E-state index in [1.54, 1.807) is 48.5 Å². The number of esters is 1. The maximum absolute atomic E-state index is 12.9. The number of carbonyl (C=O) groups excluding carboxylic acids is 1. The summed E-state index contributed by atoms with van der Waals surface area (Å²) in [5.74, 6) is -0.0617.